The summed E-state index contributed by atoms with van der Waals surface area (Å²) in [6.07, 6.45) is 1.61. The van der Waals surface area contributed by atoms with Crippen molar-refractivity contribution in [2.75, 3.05) is 12.1 Å². The molecule has 2 aromatic heterocycles. The van der Waals surface area contributed by atoms with Crippen LogP contribution in [0.5, 0.6) is 11.5 Å². The summed E-state index contributed by atoms with van der Waals surface area (Å²) in [7, 11) is 0. The monoisotopic (exact) mass is 375 g/mol. The quantitative estimate of drug-likeness (QED) is 0.543. The van der Waals surface area contributed by atoms with E-state index in [2.05, 4.69) is 51.9 Å². The summed E-state index contributed by atoms with van der Waals surface area (Å²) < 4.78 is 10.8. The smallest absolute Gasteiger partial charge is 0.231 e. The Hall–Kier alpha value is -3.12. The maximum absolute atomic E-state index is 5.46. The molecule has 0 unspecified atom stereocenters. The number of aryl methyl sites for hydroxylation is 1. The molecule has 4 aromatic rings. The predicted molar refractivity (Wildman–Crippen MR) is 107 cm³/mol. The van der Waals surface area contributed by atoms with Crippen LogP contribution in [-0.4, -0.2) is 16.8 Å². The summed E-state index contributed by atoms with van der Waals surface area (Å²) in [5.41, 5.74) is 4.69. The zero-order chi connectivity index (χ0) is 18.2. The first kappa shape index (κ1) is 16.1. The van der Waals surface area contributed by atoms with E-state index in [1.54, 1.807) is 17.7 Å². The standard InChI is InChI=1S/C21H17N3O2S/c1-13-2-5-15(6-3-13)16-10-27-21-19(16)20(23-11-24-21)22-9-14-4-7-17-18(8-14)26-12-25-17/h2-8,10-11H,9,12H2,1H3,(H,22,23,24). The number of nitrogens with zero attached hydrogens (tertiary/aromatic N) is 2. The van der Waals surface area contributed by atoms with E-state index in [0.29, 0.717) is 6.54 Å². The molecule has 134 valence electrons. The van der Waals surface area contributed by atoms with E-state index in [0.717, 1.165) is 38.7 Å². The first-order chi connectivity index (χ1) is 13.3. The van der Waals surface area contributed by atoms with Crippen LogP contribution in [0.1, 0.15) is 11.1 Å². The third-order valence-electron chi connectivity index (χ3n) is 4.63. The highest BCUT2D eigenvalue weighted by atomic mass is 32.1. The van der Waals surface area contributed by atoms with Crippen LogP contribution in [0.25, 0.3) is 21.3 Å². The molecular formula is C21H17N3O2S. The van der Waals surface area contributed by atoms with Crippen molar-refractivity contribution in [3.8, 4) is 22.6 Å². The average molecular weight is 375 g/mol. The summed E-state index contributed by atoms with van der Waals surface area (Å²) in [6.45, 7) is 3.02. The molecule has 27 heavy (non-hydrogen) atoms. The van der Waals surface area contributed by atoms with E-state index >= 15 is 0 Å². The molecule has 2 aromatic carbocycles. The fourth-order valence-corrected chi connectivity index (χ4v) is 4.11. The van der Waals surface area contributed by atoms with E-state index in [-0.39, 0.29) is 6.79 Å². The Morgan fingerprint density at radius 1 is 1.04 bits per heavy atom. The number of benzene rings is 2. The van der Waals surface area contributed by atoms with Gasteiger partial charge in [-0.15, -0.1) is 11.3 Å². The van der Waals surface area contributed by atoms with Gasteiger partial charge in [0.05, 0.1) is 5.39 Å². The van der Waals surface area contributed by atoms with Crippen molar-refractivity contribution in [3.05, 3.63) is 65.3 Å². The van der Waals surface area contributed by atoms with Crippen LogP contribution in [0.4, 0.5) is 5.82 Å². The summed E-state index contributed by atoms with van der Waals surface area (Å²) in [5.74, 6) is 2.43. The van der Waals surface area contributed by atoms with Gasteiger partial charge in [0.2, 0.25) is 6.79 Å². The molecule has 0 bridgehead atoms. The number of fused-ring (bicyclic) bond motifs is 2. The molecule has 1 aliphatic rings. The summed E-state index contributed by atoms with van der Waals surface area (Å²) in [5, 5.41) is 6.67. The van der Waals surface area contributed by atoms with Crippen molar-refractivity contribution in [1.82, 2.24) is 9.97 Å². The highest BCUT2D eigenvalue weighted by molar-refractivity contribution is 7.17. The Kier molecular flexibility index (Phi) is 3.90. The third-order valence-corrected chi connectivity index (χ3v) is 5.52. The Balaban J connectivity index is 1.48. The van der Waals surface area contributed by atoms with Crippen molar-refractivity contribution in [1.29, 1.82) is 0 Å². The Morgan fingerprint density at radius 3 is 2.78 bits per heavy atom. The van der Waals surface area contributed by atoms with Gasteiger partial charge in [-0.2, -0.15) is 0 Å². The Morgan fingerprint density at radius 2 is 1.89 bits per heavy atom. The number of rotatable bonds is 4. The van der Waals surface area contributed by atoms with E-state index in [4.69, 9.17) is 9.47 Å². The van der Waals surface area contributed by atoms with Crippen LogP contribution < -0.4 is 14.8 Å². The molecule has 0 saturated heterocycles. The predicted octanol–water partition coefficient (Wildman–Crippen LogP) is 5.01. The fraction of sp³-hybridized carbons (Fsp3) is 0.143. The molecular weight excluding hydrogens is 358 g/mol. The zero-order valence-corrected chi connectivity index (χ0v) is 15.5. The van der Waals surface area contributed by atoms with E-state index in [1.807, 2.05) is 18.2 Å². The van der Waals surface area contributed by atoms with E-state index in [9.17, 15) is 0 Å². The summed E-state index contributed by atoms with van der Waals surface area (Å²) in [6, 6.07) is 14.5. The summed E-state index contributed by atoms with van der Waals surface area (Å²) in [4.78, 5) is 9.92. The molecule has 0 atom stereocenters. The van der Waals surface area contributed by atoms with E-state index in [1.165, 1.54) is 11.1 Å². The Labute approximate surface area is 160 Å². The minimum Gasteiger partial charge on any atom is -0.454 e. The molecule has 5 rings (SSSR count). The van der Waals surface area contributed by atoms with Crippen molar-refractivity contribution in [2.45, 2.75) is 13.5 Å². The molecule has 6 heteroatoms. The number of anilines is 1. The number of hydrogen-bond donors (Lipinski definition) is 1. The van der Waals surface area contributed by atoms with Crippen LogP contribution in [0.2, 0.25) is 0 Å². The lowest BCUT2D eigenvalue weighted by Crippen LogP contribution is -2.02. The minimum absolute atomic E-state index is 0.285. The van der Waals surface area contributed by atoms with Crippen molar-refractivity contribution >= 4 is 27.4 Å². The second-order valence-corrected chi connectivity index (χ2v) is 7.32. The maximum atomic E-state index is 5.46. The first-order valence-corrected chi connectivity index (χ1v) is 9.57. The van der Waals surface area contributed by atoms with Crippen LogP contribution >= 0.6 is 11.3 Å². The normalized spacial score (nSPS) is 12.5. The summed E-state index contributed by atoms with van der Waals surface area (Å²) >= 11 is 1.64. The number of thiophene rings is 1. The molecule has 0 radical (unpaired) electrons. The van der Waals surface area contributed by atoms with Gasteiger partial charge in [0.25, 0.3) is 0 Å². The second kappa shape index (κ2) is 6.55. The average Bonchev–Trinajstić information content (AvgIpc) is 3.33. The molecule has 1 N–H and O–H groups in total. The van der Waals surface area contributed by atoms with Gasteiger partial charge in [0, 0.05) is 17.5 Å². The maximum Gasteiger partial charge on any atom is 0.231 e. The van der Waals surface area contributed by atoms with Gasteiger partial charge >= 0.3 is 0 Å². The Bertz CT molecular complexity index is 1120. The molecule has 0 aliphatic carbocycles. The van der Waals surface area contributed by atoms with Crippen LogP contribution in [0.15, 0.2) is 54.2 Å². The topological polar surface area (TPSA) is 56.3 Å². The largest absolute Gasteiger partial charge is 0.454 e. The second-order valence-electron chi connectivity index (χ2n) is 6.46. The van der Waals surface area contributed by atoms with Crippen LogP contribution in [0, 0.1) is 6.92 Å². The lowest BCUT2D eigenvalue weighted by atomic mass is 10.0. The zero-order valence-electron chi connectivity index (χ0n) is 14.7. The third kappa shape index (κ3) is 2.98. The number of ether oxygens (including phenoxy) is 2. The van der Waals surface area contributed by atoms with Gasteiger partial charge in [0.1, 0.15) is 17.0 Å². The number of hydrogen-bond acceptors (Lipinski definition) is 6. The number of nitrogens with one attached hydrogen (secondary N) is 1. The van der Waals surface area contributed by atoms with Crippen molar-refractivity contribution < 1.29 is 9.47 Å². The van der Waals surface area contributed by atoms with Gasteiger partial charge in [-0.1, -0.05) is 35.9 Å². The molecule has 0 fully saturated rings. The van der Waals surface area contributed by atoms with Gasteiger partial charge in [-0.3, -0.25) is 0 Å². The fourth-order valence-electron chi connectivity index (χ4n) is 3.19. The molecule has 0 amide bonds. The molecule has 5 nitrogen and oxygen atoms in total. The van der Waals surface area contributed by atoms with Gasteiger partial charge < -0.3 is 14.8 Å². The molecule has 3 heterocycles. The highest BCUT2D eigenvalue weighted by Crippen LogP contribution is 2.37. The lowest BCUT2D eigenvalue weighted by Gasteiger charge is -2.09. The van der Waals surface area contributed by atoms with Gasteiger partial charge in [-0.05, 0) is 30.2 Å². The van der Waals surface area contributed by atoms with Crippen molar-refractivity contribution in [3.63, 3.8) is 0 Å². The lowest BCUT2D eigenvalue weighted by molar-refractivity contribution is 0.174. The highest BCUT2D eigenvalue weighted by Gasteiger charge is 2.15. The van der Waals surface area contributed by atoms with Crippen LogP contribution in [0.3, 0.4) is 0 Å². The first-order valence-electron chi connectivity index (χ1n) is 8.69. The molecule has 1 aliphatic heterocycles. The van der Waals surface area contributed by atoms with Gasteiger partial charge in [-0.25, -0.2) is 9.97 Å². The molecule has 0 spiro atoms. The van der Waals surface area contributed by atoms with Crippen LogP contribution in [-0.2, 0) is 6.54 Å². The SMILES string of the molecule is Cc1ccc(-c2csc3ncnc(NCc4ccc5c(c4)OCO5)c23)cc1. The molecule has 0 saturated carbocycles. The van der Waals surface area contributed by atoms with E-state index < -0.39 is 0 Å². The van der Waals surface area contributed by atoms with Gasteiger partial charge in [0.15, 0.2) is 11.5 Å². The van der Waals surface area contributed by atoms with Crippen molar-refractivity contribution in [2.24, 2.45) is 0 Å². The number of aromatic nitrogens is 2. The minimum atomic E-state index is 0.285.